The minimum atomic E-state index is -3.98. The van der Waals surface area contributed by atoms with Crippen molar-refractivity contribution in [3.8, 4) is 0 Å². The fourth-order valence-electron chi connectivity index (χ4n) is 2.10. The van der Waals surface area contributed by atoms with Gasteiger partial charge in [-0.15, -0.1) is 0 Å². The third-order valence-electron chi connectivity index (χ3n) is 3.23. The summed E-state index contributed by atoms with van der Waals surface area (Å²) in [6, 6.07) is 0. The molecule has 0 radical (unpaired) electrons. The Morgan fingerprint density at radius 3 is 2.24 bits per heavy atom. The molecule has 1 aliphatic carbocycles. The minimum absolute atomic E-state index is 0.149. The molecule has 0 aliphatic heterocycles. The van der Waals surface area contributed by atoms with Gasteiger partial charge in [0.2, 0.25) is 5.78 Å². The first-order chi connectivity index (χ1) is 7.89. The number of carbonyl (C=O) groups is 2. The van der Waals surface area contributed by atoms with Crippen molar-refractivity contribution in [1.82, 2.24) is 0 Å². The van der Waals surface area contributed by atoms with Crippen molar-refractivity contribution < 1.29 is 23.1 Å². The zero-order chi connectivity index (χ0) is 13.1. The van der Waals surface area contributed by atoms with E-state index in [0.717, 1.165) is 12.8 Å². The number of esters is 1. The number of halogens is 2. The van der Waals surface area contributed by atoms with E-state index < -0.39 is 23.6 Å². The fraction of sp³-hybridized carbons (Fsp3) is 0.833. The van der Waals surface area contributed by atoms with E-state index in [1.807, 2.05) is 6.92 Å². The molecule has 98 valence electrons. The molecule has 1 saturated carbocycles. The molecule has 0 bridgehead atoms. The highest BCUT2D eigenvalue weighted by Crippen LogP contribution is 2.33. The van der Waals surface area contributed by atoms with E-state index in [0.29, 0.717) is 18.8 Å². The summed E-state index contributed by atoms with van der Waals surface area (Å²) in [5.41, 5.74) is 0. The Labute approximate surface area is 99.5 Å². The summed E-state index contributed by atoms with van der Waals surface area (Å²) in [5.74, 6) is -7.21. The second-order valence-electron chi connectivity index (χ2n) is 4.62. The van der Waals surface area contributed by atoms with Gasteiger partial charge in [0.25, 0.3) is 0 Å². The van der Waals surface area contributed by atoms with E-state index in [-0.39, 0.29) is 6.61 Å². The molecule has 5 heteroatoms. The van der Waals surface area contributed by atoms with Crippen molar-refractivity contribution in [2.75, 3.05) is 6.61 Å². The number of rotatable bonds is 4. The van der Waals surface area contributed by atoms with Gasteiger partial charge in [0.1, 0.15) is 0 Å². The summed E-state index contributed by atoms with van der Waals surface area (Å²) >= 11 is 0. The van der Waals surface area contributed by atoms with Crippen LogP contribution in [0.5, 0.6) is 0 Å². The second-order valence-corrected chi connectivity index (χ2v) is 4.62. The monoisotopic (exact) mass is 248 g/mol. The van der Waals surface area contributed by atoms with Crippen LogP contribution < -0.4 is 0 Å². The first-order valence-electron chi connectivity index (χ1n) is 5.99. The van der Waals surface area contributed by atoms with Crippen molar-refractivity contribution in [1.29, 1.82) is 0 Å². The summed E-state index contributed by atoms with van der Waals surface area (Å²) in [6.45, 7) is 3.31. The van der Waals surface area contributed by atoms with Gasteiger partial charge in [0.15, 0.2) is 0 Å². The lowest BCUT2D eigenvalue weighted by molar-refractivity contribution is -0.178. The molecule has 0 heterocycles. The van der Waals surface area contributed by atoms with E-state index in [1.165, 1.54) is 6.92 Å². The maximum absolute atomic E-state index is 13.5. The minimum Gasteiger partial charge on any atom is -0.461 e. The number of hydrogen-bond donors (Lipinski definition) is 0. The molecule has 1 rings (SSSR count). The van der Waals surface area contributed by atoms with Crippen LogP contribution in [0, 0.1) is 11.8 Å². The van der Waals surface area contributed by atoms with Crippen LogP contribution in [0.25, 0.3) is 0 Å². The average Bonchev–Trinajstić information content (AvgIpc) is 2.29. The molecule has 0 amide bonds. The van der Waals surface area contributed by atoms with Gasteiger partial charge in [-0.3, -0.25) is 4.79 Å². The van der Waals surface area contributed by atoms with Gasteiger partial charge in [0.05, 0.1) is 6.61 Å². The predicted octanol–water partition coefficient (Wildman–Crippen LogP) is 2.58. The Balaban J connectivity index is 2.65. The summed E-state index contributed by atoms with van der Waals surface area (Å²) in [5, 5.41) is 0. The van der Waals surface area contributed by atoms with Crippen LogP contribution in [-0.4, -0.2) is 24.3 Å². The van der Waals surface area contributed by atoms with E-state index in [2.05, 4.69) is 4.74 Å². The summed E-state index contributed by atoms with van der Waals surface area (Å²) in [4.78, 5) is 22.6. The third-order valence-corrected chi connectivity index (χ3v) is 3.23. The number of Topliss-reactive ketones (excluding diaryl/α,β-unsaturated/α-hetero) is 1. The number of ketones is 1. The molecule has 17 heavy (non-hydrogen) atoms. The van der Waals surface area contributed by atoms with E-state index in [4.69, 9.17) is 0 Å². The van der Waals surface area contributed by atoms with Crippen LogP contribution in [0.2, 0.25) is 0 Å². The van der Waals surface area contributed by atoms with E-state index in [1.54, 1.807) is 0 Å². The molecule has 0 aromatic heterocycles. The zero-order valence-corrected chi connectivity index (χ0v) is 10.2. The first kappa shape index (κ1) is 14.1. The third kappa shape index (κ3) is 3.23. The molecule has 3 nitrogen and oxygen atoms in total. The van der Waals surface area contributed by atoms with Gasteiger partial charge in [-0.05, 0) is 25.7 Å². The Morgan fingerprint density at radius 1 is 1.24 bits per heavy atom. The average molecular weight is 248 g/mol. The SMILES string of the molecule is CCOC(=O)C(F)(F)C(=O)C1CCC(C)CC1. The van der Waals surface area contributed by atoms with Crippen molar-refractivity contribution in [2.45, 2.75) is 45.5 Å². The second kappa shape index (κ2) is 5.56. The van der Waals surface area contributed by atoms with Crippen LogP contribution in [0.3, 0.4) is 0 Å². The number of hydrogen-bond acceptors (Lipinski definition) is 3. The van der Waals surface area contributed by atoms with Crippen LogP contribution in [0.4, 0.5) is 8.78 Å². The standard InChI is InChI=1S/C12H18F2O3/c1-3-17-11(16)12(13,14)10(15)9-6-4-8(2)5-7-9/h8-9H,3-7H2,1-2H3. The normalized spacial score (nSPS) is 25.4. The summed E-state index contributed by atoms with van der Waals surface area (Å²) < 4.78 is 31.1. The highest BCUT2D eigenvalue weighted by Gasteiger charge is 2.51. The molecule has 1 fully saturated rings. The van der Waals surface area contributed by atoms with Crippen LogP contribution >= 0.6 is 0 Å². The topological polar surface area (TPSA) is 43.4 Å². The first-order valence-corrected chi connectivity index (χ1v) is 5.99. The Hall–Kier alpha value is -1.00. The lowest BCUT2D eigenvalue weighted by Gasteiger charge is -2.27. The van der Waals surface area contributed by atoms with Crippen molar-refractivity contribution in [3.05, 3.63) is 0 Å². The molecule has 0 saturated heterocycles. The zero-order valence-electron chi connectivity index (χ0n) is 10.2. The maximum Gasteiger partial charge on any atom is 0.400 e. The maximum atomic E-state index is 13.5. The number of carbonyl (C=O) groups excluding carboxylic acids is 2. The highest BCUT2D eigenvalue weighted by atomic mass is 19.3. The smallest absolute Gasteiger partial charge is 0.400 e. The largest absolute Gasteiger partial charge is 0.461 e. The molecular weight excluding hydrogens is 230 g/mol. The molecule has 0 unspecified atom stereocenters. The molecule has 0 spiro atoms. The summed E-state index contributed by atoms with van der Waals surface area (Å²) in [6.07, 6.45) is 2.40. The molecule has 1 aliphatic rings. The quantitative estimate of drug-likeness (QED) is 0.567. The molecular formula is C12H18F2O3. The van der Waals surface area contributed by atoms with Crippen LogP contribution in [0.1, 0.15) is 39.5 Å². The van der Waals surface area contributed by atoms with Gasteiger partial charge in [-0.1, -0.05) is 19.8 Å². The Bertz CT molecular complexity index is 294. The molecule has 0 aromatic carbocycles. The van der Waals surface area contributed by atoms with Gasteiger partial charge in [-0.2, -0.15) is 8.78 Å². The van der Waals surface area contributed by atoms with Crippen molar-refractivity contribution >= 4 is 11.8 Å². The van der Waals surface area contributed by atoms with Crippen molar-refractivity contribution in [2.24, 2.45) is 11.8 Å². The molecule has 0 N–H and O–H groups in total. The van der Waals surface area contributed by atoms with Gasteiger partial charge >= 0.3 is 11.9 Å². The molecule has 0 aromatic rings. The lowest BCUT2D eigenvalue weighted by Crippen LogP contribution is -2.43. The van der Waals surface area contributed by atoms with Crippen LogP contribution in [0.15, 0.2) is 0 Å². The van der Waals surface area contributed by atoms with Crippen LogP contribution in [-0.2, 0) is 14.3 Å². The number of ether oxygens (including phenoxy) is 1. The lowest BCUT2D eigenvalue weighted by atomic mass is 9.79. The fourth-order valence-corrected chi connectivity index (χ4v) is 2.10. The highest BCUT2D eigenvalue weighted by molar-refractivity contribution is 6.06. The van der Waals surface area contributed by atoms with E-state index >= 15 is 0 Å². The predicted molar refractivity (Wildman–Crippen MR) is 57.7 cm³/mol. The van der Waals surface area contributed by atoms with Crippen molar-refractivity contribution in [3.63, 3.8) is 0 Å². The van der Waals surface area contributed by atoms with Gasteiger partial charge < -0.3 is 4.74 Å². The number of alkyl halides is 2. The van der Waals surface area contributed by atoms with E-state index in [9.17, 15) is 18.4 Å². The Morgan fingerprint density at radius 2 is 1.76 bits per heavy atom. The Kier molecular flexibility index (Phi) is 4.60. The molecule has 0 atom stereocenters. The van der Waals surface area contributed by atoms with Gasteiger partial charge in [0, 0.05) is 5.92 Å². The summed E-state index contributed by atoms with van der Waals surface area (Å²) in [7, 11) is 0. The van der Waals surface area contributed by atoms with Gasteiger partial charge in [-0.25, -0.2) is 4.79 Å².